The maximum atomic E-state index is 11.9. The van der Waals surface area contributed by atoms with Crippen LogP contribution in [0.5, 0.6) is 0 Å². The van der Waals surface area contributed by atoms with Crippen molar-refractivity contribution in [3.63, 3.8) is 0 Å². The number of rotatable bonds is 4. The van der Waals surface area contributed by atoms with Gasteiger partial charge < -0.3 is 9.64 Å². The number of carbonyl (C=O) groups is 2. The van der Waals surface area contributed by atoms with Crippen molar-refractivity contribution in [2.45, 2.75) is 32.4 Å². The quantitative estimate of drug-likeness (QED) is 0.753. The van der Waals surface area contributed by atoms with E-state index < -0.39 is 0 Å². The van der Waals surface area contributed by atoms with Gasteiger partial charge >= 0.3 is 5.97 Å². The number of hydrogen-bond donors (Lipinski definition) is 0. The van der Waals surface area contributed by atoms with Gasteiger partial charge in [-0.25, -0.2) is 0 Å². The second-order valence-corrected chi connectivity index (χ2v) is 4.29. The first kappa shape index (κ1) is 12.5. The molecular formula is C13H16N2O3. The number of esters is 1. The number of nitrogens with zero attached hydrogens (tertiary/aromatic N) is 2. The first-order chi connectivity index (χ1) is 8.70. The molecule has 0 bridgehead atoms. The summed E-state index contributed by atoms with van der Waals surface area (Å²) in [5.74, 6) is -0.203. The van der Waals surface area contributed by atoms with Crippen molar-refractivity contribution >= 4 is 11.9 Å². The van der Waals surface area contributed by atoms with Crippen LogP contribution in [0.1, 0.15) is 30.5 Å². The molecule has 96 valence electrons. The fourth-order valence-corrected chi connectivity index (χ4v) is 2.02. The maximum Gasteiger partial charge on any atom is 0.305 e. The van der Waals surface area contributed by atoms with E-state index in [2.05, 4.69) is 9.72 Å². The van der Waals surface area contributed by atoms with Crippen LogP contribution in [-0.4, -0.2) is 28.9 Å². The third-order valence-corrected chi connectivity index (χ3v) is 3.04. The van der Waals surface area contributed by atoms with E-state index in [1.54, 1.807) is 11.1 Å². The highest BCUT2D eigenvalue weighted by Crippen LogP contribution is 2.21. The summed E-state index contributed by atoms with van der Waals surface area (Å²) < 4.78 is 4.53. The Labute approximate surface area is 106 Å². The smallest absolute Gasteiger partial charge is 0.305 e. The molecule has 0 fully saturated rings. The van der Waals surface area contributed by atoms with Crippen molar-refractivity contribution in [3.8, 4) is 0 Å². The lowest BCUT2D eigenvalue weighted by Gasteiger charge is -2.14. The molecule has 0 aliphatic carbocycles. The summed E-state index contributed by atoms with van der Waals surface area (Å²) in [6.07, 6.45) is 2.94. The van der Waals surface area contributed by atoms with Crippen molar-refractivity contribution < 1.29 is 14.3 Å². The first-order valence-corrected chi connectivity index (χ1v) is 5.98. The fraction of sp³-hybridized carbons (Fsp3) is 0.462. The second-order valence-electron chi connectivity index (χ2n) is 4.29. The number of aromatic nitrogens is 1. The van der Waals surface area contributed by atoms with E-state index in [-0.39, 0.29) is 11.9 Å². The number of fused-ring (bicyclic) bond motifs is 1. The molecule has 0 saturated heterocycles. The summed E-state index contributed by atoms with van der Waals surface area (Å²) in [6, 6.07) is 3.87. The Hall–Kier alpha value is -1.91. The third-order valence-electron chi connectivity index (χ3n) is 3.04. The minimum atomic E-state index is -0.269. The number of pyridine rings is 1. The van der Waals surface area contributed by atoms with Crippen molar-refractivity contribution in [2.24, 2.45) is 0 Å². The van der Waals surface area contributed by atoms with E-state index in [4.69, 9.17) is 0 Å². The Morgan fingerprint density at radius 2 is 2.22 bits per heavy atom. The zero-order valence-corrected chi connectivity index (χ0v) is 10.4. The number of carbonyl (C=O) groups excluding carboxylic acids is 2. The van der Waals surface area contributed by atoms with E-state index >= 15 is 0 Å². The van der Waals surface area contributed by atoms with Crippen molar-refractivity contribution in [2.75, 3.05) is 7.11 Å². The minimum Gasteiger partial charge on any atom is -0.469 e. The largest absolute Gasteiger partial charge is 0.469 e. The average Bonchev–Trinajstić information content (AvgIpc) is 2.82. The van der Waals surface area contributed by atoms with Gasteiger partial charge in [-0.1, -0.05) is 6.07 Å². The molecule has 0 radical (unpaired) electrons. The lowest BCUT2D eigenvalue weighted by Crippen LogP contribution is -2.25. The molecule has 0 saturated carbocycles. The topological polar surface area (TPSA) is 59.5 Å². The van der Waals surface area contributed by atoms with Crippen LogP contribution in [0.3, 0.4) is 0 Å². The number of ether oxygens (including phenoxy) is 1. The van der Waals surface area contributed by atoms with Gasteiger partial charge in [0, 0.05) is 25.6 Å². The molecule has 2 rings (SSSR count). The Balaban J connectivity index is 1.81. The normalized spacial score (nSPS) is 13.3. The van der Waals surface area contributed by atoms with E-state index in [1.807, 2.05) is 12.1 Å². The average molecular weight is 248 g/mol. The van der Waals surface area contributed by atoms with Crippen LogP contribution in [-0.2, 0) is 27.4 Å². The summed E-state index contributed by atoms with van der Waals surface area (Å²) >= 11 is 0. The van der Waals surface area contributed by atoms with Gasteiger partial charge in [-0.15, -0.1) is 0 Å². The van der Waals surface area contributed by atoms with Gasteiger partial charge in [-0.05, 0) is 18.1 Å². The SMILES string of the molecule is COC(=O)CCCC(=O)N1Cc2cccnc2C1. The Morgan fingerprint density at radius 3 is 2.94 bits per heavy atom. The zero-order valence-electron chi connectivity index (χ0n) is 10.4. The maximum absolute atomic E-state index is 11.9. The van der Waals surface area contributed by atoms with Gasteiger partial charge in [0.15, 0.2) is 0 Å². The monoisotopic (exact) mass is 248 g/mol. The van der Waals surface area contributed by atoms with Crippen LogP contribution in [0.4, 0.5) is 0 Å². The van der Waals surface area contributed by atoms with Crippen molar-refractivity contribution in [3.05, 3.63) is 29.6 Å². The van der Waals surface area contributed by atoms with E-state index in [0.29, 0.717) is 32.4 Å². The molecule has 1 aromatic heterocycles. The standard InChI is InChI=1S/C13H16N2O3/c1-18-13(17)6-2-5-12(16)15-8-10-4-3-7-14-11(10)9-15/h3-4,7H,2,5-6,8-9H2,1H3. The van der Waals surface area contributed by atoms with Crippen LogP contribution in [0, 0.1) is 0 Å². The van der Waals surface area contributed by atoms with Crippen LogP contribution in [0.15, 0.2) is 18.3 Å². The predicted molar refractivity (Wildman–Crippen MR) is 64.4 cm³/mol. The van der Waals surface area contributed by atoms with Gasteiger partial charge in [0.05, 0.1) is 19.3 Å². The fourth-order valence-electron chi connectivity index (χ4n) is 2.02. The molecule has 0 N–H and O–H groups in total. The van der Waals surface area contributed by atoms with Crippen molar-refractivity contribution in [1.29, 1.82) is 0 Å². The molecule has 5 heteroatoms. The number of hydrogen-bond acceptors (Lipinski definition) is 4. The molecule has 1 aromatic rings. The summed E-state index contributed by atoms with van der Waals surface area (Å²) in [4.78, 5) is 28.9. The molecule has 5 nitrogen and oxygen atoms in total. The molecule has 0 unspecified atom stereocenters. The van der Waals surface area contributed by atoms with Gasteiger partial charge in [-0.3, -0.25) is 14.6 Å². The van der Waals surface area contributed by atoms with Gasteiger partial charge in [-0.2, -0.15) is 0 Å². The van der Waals surface area contributed by atoms with Crippen LogP contribution < -0.4 is 0 Å². The Kier molecular flexibility index (Phi) is 3.92. The second kappa shape index (κ2) is 5.62. The van der Waals surface area contributed by atoms with Gasteiger partial charge in [0.25, 0.3) is 0 Å². The predicted octanol–water partition coefficient (Wildman–Crippen LogP) is 1.27. The molecule has 1 aliphatic rings. The molecular weight excluding hydrogens is 232 g/mol. The van der Waals surface area contributed by atoms with E-state index in [0.717, 1.165) is 11.3 Å². The van der Waals surface area contributed by atoms with Crippen LogP contribution in [0.2, 0.25) is 0 Å². The zero-order chi connectivity index (χ0) is 13.0. The molecule has 1 amide bonds. The molecule has 0 aromatic carbocycles. The highest BCUT2D eigenvalue weighted by Gasteiger charge is 2.23. The van der Waals surface area contributed by atoms with Gasteiger partial charge in [0.2, 0.25) is 5.91 Å². The minimum absolute atomic E-state index is 0.0666. The summed E-state index contributed by atoms with van der Waals surface area (Å²) in [7, 11) is 1.35. The lowest BCUT2D eigenvalue weighted by atomic mass is 10.2. The highest BCUT2D eigenvalue weighted by atomic mass is 16.5. The Bertz CT molecular complexity index is 434. The summed E-state index contributed by atoms with van der Waals surface area (Å²) in [5.41, 5.74) is 2.08. The Morgan fingerprint density at radius 1 is 1.39 bits per heavy atom. The van der Waals surface area contributed by atoms with E-state index in [1.165, 1.54) is 7.11 Å². The number of methoxy groups -OCH3 is 1. The van der Waals surface area contributed by atoms with Gasteiger partial charge in [0.1, 0.15) is 0 Å². The number of amides is 1. The summed E-state index contributed by atoms with van der Waals surface area (Å²) in [6.45, 7) is 1.20. The third kappa shape index (κ3) is 2.85. The lowest BCUT2D eigenvalue weighted by molar-refractivity contribution is -0.140. The molecule has 18 heavy (non-hydrogen) atoms. The molecule has 2 heterocycles. The molecule has 1 aliphatic heterocycles. The molecule has 0 atom stereocenters. The molecule has 0 spiro atoms. The first-order valence-electron chi connectivity index (χ1n) is 5.98. The van der Waals surface area contributed by atoms with E-state index in [9.17, 15) is 9.59 Å². The highest BCUT2D eigenvalue weighted by molar-refractivity contribution is 5.77. The van der Waals surface area contributed by atoms with Crippen LogP contribution in [0.25, 0.3) is 0 Å². The van der Waals surface area contributed by atoms with Crippen LogP contribution >= 0.6 is 0 Å². The summed E-state index contributed by atoms with van der Waals surface area (Å²) in [5, 5.41) is 0. The van der Waals surface area contributed by atoms with Crippen molar-refractivity contribution in [1.82, 2.24) is 9.88 Å².